The molecule has 1 aromatic rings. The average molecular weight is 447 g/mol. The summed E-state index contributed by atoms with van der Waals surface area (Å²) in [5.74, 6) is 0.0285. The van der Waals surface area contributed by atoms with Crippen molar-refractivity contribution in [1.82, 2.24) is 0 Å². The van der Waals surface area contributed by atoms with Gasteiger partial charge in [0.1, 0.15) is 18.0 Å². The Balaban J connectivity index is 1.90. The van der Waals surface area contributed by atoms with Gasteiger partial charge in [-0.2, -0.15) is 0 Å². The molecule has 0 aliphatic carbocycles. The Morgan fingerprint density at radius 1 is 1.03 bits per heavy atom. The van der Waals surface area contributed by atoms with Crippen LogP contribution in [-0.2, 0) is 19.0 Å². The number of hydrogen-bond donors (Lipinski definition) is 2. The first-order valence-corrected chi connectivity index (χ1v) is 11.7. The lowest BCUT2D eigenvalue weighted by molar-refractivity contribution is -0.278. The highest BCUT2D eigenvalue weighted by atomic mass is 16.7. The maximum absolute atomic E-state index is 11.2. The fourth-order valence-electron chi connectivity index (χ4n) is 3.69. The maximum Gasteiger partial charge on any atom is 0.305 e. The molecule has 0 amide bonds. The van der Waals surface area contributed by atoms with Gasteiger partial charge in [0, 0.05) is 12.0 Å². The summed E-state index contributed by atoms with van der Waals surface area (Å²) in [5.41, 5.74) is 0.812. The van der Waals surface area contributed by atoms with Gasteiger partial charge in [-0.25, -0.2) is 0 Å². The summed E-state index contributed by atoms with van der Waals surface area (Å²) >= 11 is 0. The minimum absolute atomic E-state index is 0.159. The van der Waals surface area contributed by atoms with E-state index in [1.807, 2.05) is 12.2 Å². The molecule has 1 fully saturated rings. The van der Waals surface area contributed by atoms with E-state index in [1.165, 1.54) is 7.11 Å². The fourth-order valence-corrected chi connectivity index (χ4v) is 3.69. The number of carbonyl (C=O) groups excluding carboxylic acids is 1. The summed E-state index contributed by atoms with van der Waals surface area (Å²) in [4.78, 5) is 11.2. The monoisotopic (exact) mass is 446 g/mol. The molecule has 0 radical (unpaired) electrons. The van der Waals surface area contributed by atoms with Gasteiger partial charge in [0.05, 0.1) is 13.2 Å². The first-order chi connectivity index (χ1) is 15.5. The second-order valence-electron chi connectivity index (χ2n) is 8.12. The zero-order chi connectivity index (χ0) is 23.2. The Morgan fingerprint density at radius 2 is 1.75 bits per heavy atom. The van der Waals surface area contributed by atoms with Crippen molar-refractivity contribution < 1.29 is 29.2 Å². The summed E-state index contributed by atoms with van der Waals surface area (Å²) in [6, 6.07) is 6.77. The van der Waals surface area contributed by atoms with E-state index >= 15 is 0 Å². The van der Waals surface area contributed by atoms with Crippen LogP contribution in [0.3, 0.4) is 0 Å². The fraction of sp³-hybridized carbons (Fsp3) is 0.577. The molecule has 1 aliphatic rings. The van der Waals surface area contributed by atoms with E-state index in [0.717, 1.165) is 56.9 Å². The number of benzene rings is 1. The predicted octanol–water partition coefficient (Wildman–Crippen LogP) is 5.35. The van der Waals surface area contributed by atoms with Crippen LogP contribution in [-0.4, -0.2) is 41.6 Å². The van der Waals surface area contributed by atoms with Gasteiger partial charge in [-0.15, -0.1) is 0 Å². The van der Waals surface area contributed by atoms with Crippen LogP contribution in [0.1, 0.15) is 76.6 Å². The van der Waals surface area contributed by atoms with Crippen molar-refractivity contribution in [2.75, 3.05) is 7.11 Å². The zero-order valence-electron chi connectivity index (χ0n) is 19.3. The number of aromatic hydroxyl groups is 1. The molecule has 0 saturated carbocycles. The van der Waals surface area contributed by atoms with E-state index in [-0.39, 0.29) is 17.8 Å². The van der Waals surface area contributed by atoms with Gasteiger partial charge in [0.2, 0.25) is 0 Å². The van der Waals surface area contributed by atoms with Gasteiger partial charge in [-0.05, 0) is 37.8 Å². The van der Waals surface area contributed by atoms with Crippen molar-refractivity contribution in [1.29, 1.82) is 0 Å². The summed E-state index contributed by atoms with van der Waals surface area (Å²) in [5, 5.41) is 20.4. The van der Waals surface area contributed by atoms with E-state index < -0.39 is 18.5 Å². The molecule has 2 N–H and O–H groups in total. The molecule has 1 aromatic carbocycles. The van der Waals surface area contributed by atoms with Gasteiger partial charge in [0.15, 0.2) is 6.29 Å². The lowest BCUT2D eigenvalue weighted by Crippen LogP contribution is -2.46. The first kappa shape index (κ1) is 26.1. The number of carbonyl (C=O) groups is 1. The summed E-state index contributed by atoms with van der Waals surface area (Å²) in [6.45, 7) is 2.09. The lowest BCUT2D eigenvalue weighted by Gasteiger charge is -2.39. The molecule has 178 valence electrons. The lowest BCUT2D eigenvalue weighted by atomic mass is 9.98. The number of methoxy groups -OCH3 is 1. The first-order valence-electron chi connectivity index (χ1n) is 11.7. The number of phenols is 1. The van der Waals surface area contributed by atoms with Crippen molar-refractivity contribution in [3.8, 4) is 5.75 Å². The molecule has 0 unspecified atom stereocenters. The summed E-state index contributed by atoms with van der Waals surface area (Å²) in [7, 11) is 1.41. The second-order valence-corrected chi connectivity index (χ2v) is 8.12. The highest BCUT2D eigenvalue weighted by Crippen LogP contribution is 2.33. The number of allylic oxidation sites excluding steroid dienone is 3. The average Bonchev–Trinajstić information content (AvgIpc) is 2.80. The molecule has 4 atom stereocenters. The number of rotatable bonds is 13. The summed E-state index contributed by atoms with van der Waals surface area (Å²) in [6.07, 6.45) is 13.8. The van der Waals surface area contributed by atoms with E-state index in [4.69, 9.17) is 9.47 Å². The van der Waals surface area contributed by atoms with Crippen molar-refractivity contribution in [3.05, 3.63) is 54.1 Å². The van der Waals surface area contributed by atoms with Crippen LogP contribution in [0.4, 0.5) is 0 Å². The Kier molecular flexibility index (Phi) is 12.1. The number of esters is 1. The SMILES string of the molecule is CC/C=C/C/C=C\[C@H]1O[C@@H](c2ccc(O)cc2)O[C@@H](CCCCCCCC(=O)OC)[C@@H]1O. The molecule has 1 saturated heterocycles. The van der Waals surface area contributed by atoms with Gasteiger partial charge >= 0.3 is 5.97 Å². The molecule has 0 bridgehead atoms. The van der Waals surface area contributed by atoms with Crippen molar-refractivity contribution in [2.45, 2.75) is 89.3 Å². The third kappa shape index (κ3) is 9.15. The van der Waals surface area contributed by atoms with Crippen LogP contribution in [0.2, 0.25) is 0 Å². The number of aliphatic hydroxyl groups is 1. The molecular weight excluding hydrogens is 408 g/mol. The second kappa shape index (κ2) is 14.8. The van der Waals surface area contributed by atoms with Crippen molar-refractivity contribution >= 4 is 5.97 Å². The Morgan fingerprint density at radius 3 is 2.47 bits per heavy atom. The van der Waals surface area contributed by atoms with E-state index in [2.05, 4.69) is 23.8 Å². The molecular formula is C26H38O6. The zero-order valence-corrected chi connectivity index (χ0v) is 19.3. The van der Waals surface area contributed by atoms with Gasteiger partial charge in [-0.3, -0.25) is 4.79 Å². The Hall–Kier alpha value is -2.15. The van der Waals surface area contributed by atoms with Crippen LogP contribution in [0, 0.1) is 0 Å². The molecule has 0 spiro atoms. The van der Waals surface area contributed by atoms with Crippen molar-refractivity contribution in [2.24, 2.45) is 0 Å². The molecule has 6 heteroatoms. The predicted molar refractivity (Wildman–Crippen MR) is 124 cm³/mol. The molecule has 0 aromatic heterocycles. The number of hydrogen-bond acceptors (Lipinski definition) is 6. The van der Waals surface area contributed by atoms with Crippen molar-refractivity contribution in [3.63, 3.8) is 0 Å². The van der Waals surface area contributed by atoms with E-state index in [0.29, 0.717) is 6.42 Å². The van der Waals surface area contributed by atoms with E-state index in [1.54, 1.807) is 24.3 Å². The van der Waals surface area contributed by atoms with Gasteiger partial charge in [0.25, 0.3) is 0 Å². The number of aliphatic hydroxyl groups excluding tert-OH is 1. The van der Waals surface area contributed by atoms with Crippen LogP contribution >= 0.6 is 0 Å². The molecule has 6 nitrogen and oxygen atoms in total. The minimum atomic E-state index is -0.742. The number of unbranched alkanes of at least 4 members (excludes halogenated alkanes) is 4. The normalized spacial score (nSPS) is 23.7. The highest BCUT2D eigenvalue weighted by molar-refractivity contribution is 5.68. The van der Waals surface area contributed by atoms with Gasteiger partial charge < -0.3 is 24.4 Å². The highest BCUT2D eigenvalue weighted by Gasteiger charge is 2.37. The molecule has 2 rings (SSSR count). The maximum atomic E-state index is 11.2. The van der Waals surface area contributed by atoms with Crippen LogP contribution in [0.5, 0.6) is 5.75 Å². The third-order valence-corrected chi connectivity index (χ3v) is 5.56. The van der Waals surface area contributed by atoms with Gasteiger partial charge in [-0.1, -0.05) is 69.0 Å². The number of phenolic OH excluding ortho intramolecular Hbond substituents is 1. The Labute approximate surface area is 191 Å². The number of ether oxygens (including phenoxy) is 3. The molecule has 32 heavy (non-hydrogen) atoms. The smallest absolute Gasteiger partial charge is 0.305 e. The Bertz CT molecular complexity index is 712. The van der Waals surface area contributed by atoms with Crippen LogP contribution in [0.25, 0.3) is 0 Å². The topological polar surface area (TPSA) is 85.2 Å². The third-order valence-electron chi connectivity index (χ3n) is 5.56. The minimum Gasteiger partial charge on any atom is -0.508 e. The standard InChI is InChI=1S/C26H38O6/c1-3-4-5-7-10-13-22-25(29)23(14-11-8-6-9-12-15-24(28)30-2)32-26(31-22)20-16-18-21(27)19-17-20/h4-5,10,13,16-19,22-23,25-27,29H,3,6-9,11-12,14-15H2,1-2H3/b5-4+,13-10-/t22-,23+,25-,26-/m1/s1. The molecule has 1 aliphatic heterocycles. The van der Waals surface area contributed by atoms with Crippen LogP contribution in [0.15, 0.2) is 48.6 Å². The van der Waals surface area contributed by atoms with Crippen LogP contribution < -0.4 is 0 Å². The van der Waals surface area contributed by atoms with E-state index in [9.17, 15) is 15.0 Å². The molecule has 1 heterocycles. The largest absolute Gasteiger partial charge is 0.508 e. The summed E-state index contributed by atoms with van der Waals surface area (Å²) < 4.78 is 16.8. The quantitative estimate of drug-likeness (QED) is 0.241.